The molecule has 1 fully saturated rings. The Balaban J connectivity index is 1.56. The zero-order valence-electron chi connectivity index (χ0n) is 15.3. The number of aliphatic carboxylic acids is 1. The van der Waals surface area contributed by atoms with Gasteiger partial charge in [-0.05, 0) is 67.9 Å². The largest absolute Gasteiger partial charge is 0.489 e. The molecular formula is C20H22ClNO5S. The Hall–Kier alpha value is -2.09. The van der Waals surface area contributed by atoms with Crippen molar-refractivity contribution < 1.29 is 23.1 Å². The maximum Gasteiger partial charge on any atom is 0.306 e. The summed E-state index contributed by atoms with van der Waals surface area (Å²) in [7, 11) is -3.48. The van der Waals surface area contributed by atoms with E-state index in [1.807, 2.05) is 12.1 Å². The number of carboxylic acids is 1. The van der Waals surface area contributed by atoms with Gasteiger partial charge in [0.25, 0.3) is 0 Å². The van der Waals surface area contributed by atoms with Gasteiger partial charge in [0.05, 0.1) is 10.8 Å². The standard InChI is InChI=1S/C20H22ClNO5S/c21-17-3-1-15(2-4-17)13-27-18-5-7-19(8-6-18)28(25,26)14-22-11-9-16(10-12-22)20(23)24/h1-8,16H,9-14H2,(H,23,24). The predicted molar refractivity (Wildman–Crippen MR) is 106 cm³/mol. The van der Waals surface area contributed by atoms with Crippen LogP contribution in [0.2, 0.25) is 5.02 Å². The Morgan fingerprint density at radius 1 is 1.07 bits per heavy atom. The molecule has 0 radical (unpaired) electrons. The van der Waals surface area contributed by atoms with E-state index in [9.17, 15) is 13.2 Å². The molecule has 0 bridgehead atoms. The molecule has 0 aromatic heterocycles. The van der Waals surface area contributed by atoms with Crippen LogP contribution in [0, 0.1) is 5.92 Å². The van der Waals surface area contributed by atoms with Gasteiger partial charge in [-0.1, -0.05) is 23.7 Å². The molecule has 28 heavy (non-hydrogen) atoms. The second-order valence-electron chi connectivity index (χ2n) is 6.86. The van der Waals surface area contributed by atoms with Crippen LogP contribution in [0.4, 0.5) is 0 Å². The molecule has 0 aliphatic carbocycles. The normalized spacial score (nSPS) is 16.0. The summed E-state index contributed by atoms with van der Waals surface area (Å²) >= 11 is 5.85. The van der Waals surface area contributed by atoms with Crippen LogP contribution >= 0.6 is 11.6 Å². The third-order valence-corrected chi connectivity index (χ3v) is 6.74. The maximum atomic E-state index is 12.6. The van der Waals surface area contributed by atoms with Crippen LogP contribution in [-0.4, -0.2) is 43.4 Å². The molecular weight excluding hydrogens is 402 g/mol. The predicted octanol–water partition coefficient (Wildman–Crippen LogP) is 3.45. The summed E-state index contributed by atoms with van der Waals surface area (Å²) in [6.07, 6.45) is 0.949. The van der Waals surface area contributed by atoms with Gasteiger partial charge in [-0.15, -0.1) is 0 Å². The first-order valence-electron chi connectivity index (χ1n) is 8.99. The van der Waals surface area contributed by atoms with Crippen molar-refractivity contribution in [3.63, 3.8) is 0 Å². The minimum absolute atomic E-state index is 0.107. The molecule has 0 unspecified atom stereocenters. The first-order chi connectivity index (χ1) is 13.3. The number of benzene rings is 2. The highest BCUT2D eigenvalue weighted by Crippen LogP contribution is 2.22. The van der Waals surface area contributed by atoms with Crippen LogP contribution < -0.4 is 4.74 Å². The Morgan fingerprint density at radius 3 is 2.25 bits per heavy atom. The highest BCUT2D eigenvalue weighted by Gasteiger charge is 2.27. The van der Waals surface area contributed by atoms with E-state index in [1.54, 1.807) is 29.2 Å². The average Bonchev–Trinajstić information content (AvgIpc) is 2.68. The zero-order chi connectivity index (χ0) is 20.1. The fraction of sp³-hybridized carbons (Fsp3) is 0.350. The lowest BCUT2D eigenvalue weighted by Crippen LogP contribution is -2.39. The second-order valence-corrected chi connectivity index (χ2v) is 9.26. The zero-order valence-corrected chi connectivity index (χ0v) is 16.8. The number of halogens is 1. The average molecular weight is 424 g/mol. The quantitative estimate of drug-likeness (QED) is 0.734. The number of sulfone groups is 1. The first-order valence-corrected chi connectivity index (χ1v) is 11.0. The van der Waals surface area contributed by atoms with Crippen LogP contribution in [0.3, 0.4) is 0 Å². The van der Waals surface area contributed by atoms with E-state index < -0.39 is 15.8 Å². The molecule has 3 rings (SSSR count). The molecule has 8 heteroatoms. The maximum absolute atomic E-state index is 12.6. The summed E-state index contributed by atoms with van der Waals surface area (Å²) in [4.78, 5) is 13.0. The second kappa shape index (κ2) is 8.94. The van der Waals surface area contributed by atoms with Gasteiger partial charge in [-0.25, -0.2) is 8.42 Å². The summed E-state index contributed by atoms with van der Waals surface area (Å²) in [5.41, 5.74) is 0.964. The molecule has 150 valence electrons. The van der Waals surface area contributed by atoms with E-state index in [0.717, 1.165) is 5.56 Å². The summed E-state index contributed by atoms with van der Waals surface area (Å²) in [5, 5.41) is 9.69. The number of hydrogen-bond acceptors (Lipinski definition) is 5. The van der Waals surface area contributed by atoms with E-state index in [0.29, 0.717) is 43.3 Å². The third-order valence-electron chi connectivity index (χ3n) is 4.79. The minimum atomic E-state index is -3.48. The first kappa shape index (κ1) is 20.6. The lowest BCUT2D eigenvalue weighted by molar-refractivity contribution is -0.143. The number of likely N-dealkylation sites (tertiary alicyclic amines) is 1. The molecule has 0 spiro atoms. The summed E-state index contributed by atoms with van der Waals surface area (Å²) in [5.74, 6) is -0.714. The van der Waals surface area contributed by atoms with Crippen LogP contribution in [0.25, 0.3) is 0 Å². The number of carbonyl (C=O) groups is 1. The number of nitrogens with zero attached hydrogens (tertiary/aromatic N) is 1. The smallest absolute Gasteiger partial charge is 0.306 e. The lowest BCUT2D eigenvalue weighted by atomic mass is 9.98. The monoisotopic (exact) mass is 423 g/mol. The highest BCUT2D eigenvalue weighted by molar-refractivity contribution is 7.91. The molecule has 2 aromatic carbocycles. The van der Waals surface area contributed by atoms with Gasteiger partial charge in [0.15, 0.2) is 9.84 Å². The summed E-state index contributed by atoms with van der Waals surface area (Å²) in [6, 6.07) is 13.7. The Morgan fingerprint density at radius 2 is 1.68 bits per heavy atom. The number of rotatable bonds is 7. The number of piperidine rings is 1. The van der Waals surface area contributed by atoms with Gasteiger partial charge in [0.1, 0.15) is 18.2 Å². The molecule has 1 N–H and O–H groups in total. The number of hydrogen-bond donors (Lipinski definition) is 1. The van der Waals surface area contributed by atoms with Gasteiger partial charge in [0.2, 0.25) is 0 Å². The van der Waals surface area contributed by atoms with Crippen LogP contribution in [0.1, 0.15) is 18.4 Å². The van der Waals surface area contributed by atoms with E-state index in [4.69, 9.17) is 21.4 Å². The van der Waals surface area contributed by atoms with Gasteiger partial charge in [-0.3, -0.25) is 9.69 Å². The van der Waals surface area contributed by atoms with Crippen LogP contribution in [0.15, 0.2) is 53.4 Å². The highest BCUT2D eigenvalue weighted by atomic mass is 35.5. The topological polar surface area (TPSA) is 83.9 Å². The minimum Gasteiger partial charge on any atom is -0.489 e. The Kier molecular flexibility index (Phi) is 6.59. The molecule has 1 saturated heterocycles. The molecule has 1 heterocycles. The van der Waals surface area contributed by atoms with Crippen LogP contribution in [-0.2, 0) is 21.2 Å². The molecule has 1 aliphatic heterocycles. The van der Waals surface area contributed by atoms with Crippen molar-refractivity contribution in [2.75, 3.05) is 19.0 Å². The van der Waals surface area contributed by atoms with Gasteiger partial charge < -0.3 is 9.84 Å². The van der Waals surface area contributed by atoms with Gasteiger partial charge in [-0.2, -0.15) is 0 Å². The van der Waals surface area contributed by atoms with Crippen molar-refractivity contribution in [3.05, 3.63) is 59.1 Å². The fourth-order valence-electron chi connectivity index (χ4n) is 3.11. The Labute approximate surface area is 169 Å². The van der Waals surface area contributed by atoms with Gasteiger partial charge >= 0.3 is 5.97 Å². The third kappa shape index (κ3) is 5.47. The van der Waals surface area contributed by atoms with Crippen molar-refractivity contribution in [2.24, 2.45) is 5.92 Å². The molecule has 2 aromatic rings. The SMILES string of the molecule is O=C(O)C1CCN(CS(=O)(=O)c2ccc(OCc3ccc(Cl)cc3)cc2)CC1. The summed E-state index contributed by atoms with van der Waals surface area (Å²) < 4.78 is 30.9. The molecule has 1 aliphatic rings. The number of ether oxygens (including phenoxy) is 1. The van der Waals surface area contributed by atoms with Crippen LogP contribution in [0.5, 0.6) is 5.75 Å². The molecule has 0 amide bonds. The fourth-order valence-corrected chi connectivity index (χ4v) is 4.68. The Bertz CT molecular complexity index is 905. The van der Waals surface area contributed by atoms with Crippen molar-refractivity contribution >= 4 is 27.4 Å². The summed E-state index contributed by atoms with van der Waals surface area (Å²) in [6.45, 7) is 1.30. The van der Waals surface area contributed by atoms with E-state index in [1.165, 1.54) is 12.1 Å². The van der Waals surface area contributed by atoms with Gasteiger partial charge in [0, 0.05) is 5.02 Å². The van der Waals surface area contributed by atoms with Crippen molar-refractivity contribution in [1.29, 1.82) is 0 Å². The number of carboxylic acid groups (broad SMARTS) is 1. The lowest BCUT2D eigenvalue weighted by Gasteiger charge is -2.29. The van der Waals surface area contributed by atoms with Crippen molar-refractivity contribution in [3.8, 4) is 5.75 Å². The van der Waals surface area contributed by atoms with E-state index >= 15 is 0 Å². The molecule has 6 nitrogen and oxygen atoms in total. The molecule has 0 atom stereocenters. The van der Waals surface area contributed by atoms with Crippen molar-refractivity contribution in [1.82, 2.24) is 4.90 Å². The van der Waals surface area contributed by atoms with E-state index in [2.05, 4.69) is 0 Å². The van der Waals surface area contributed by atoms with Crippen molar-refractivity contribution in [2.45, 2.75) is 24.3 Å². The molecule has 0 saturated carbocycles. The van der Waals surface area contributed by atoms with E-state index in [-0.39, 0.29) is 16.7 Å².